The molecule has 1 unspecified atom stereocenters. The first-order valence-electron chi connectivity index (χ1n) is 4.93. The van der Waals surface area contributed by atoms with Crippen molar-refractivity contribution in [2.75, 3.05) is 17.8 Å². The zero-order valence-electron chi connectivity index (χ0n) is 9.29. The molecule has 1 aromatic heterocycles. The molecule has 17 heavy (non-hydrogen) atoms. The maximum absolute atomic E-state index is 10.7. The Kier molecular flexibility index (Phi) is 5.13. The number of rotatable bonds is 6. The lowest BCUT2D eigenvalue weighted by Gasteiger charge is -2.07. The highest BCUT2D eigenvalue weighted by Gasteiger charge is 2.12. The first kappa shape index (κ1) is 13.7. The Labute approximate surface area is 103 Å². The van der Waals surface area contributed by atoms with E-state index in [1.807, 2.05) is 6.92 Å². The van der Waals surface area contributed by atoms with Crippen molar-refractivity contribution in [3.8, 4) is 0 Å². The van der Waals surface area contributed by atoms with Crippen molar-refractivity contribution in [3.05, 3.63) is 22.2 Å². The molecule has 0 aliphatic rings. The number of aliphatic hydroxyl groups excluding tert-OH is 1. The van der Waals surface area contributed by atoms with E-state index >= 15 is 0 Å². The molecular weight excluding hydrogens is 244 g/mol. The highest BCUT2D eigenvalue weighted by atomic mass is 32.2. The summed E-state index contributed by atoms with van der Waals surface area (Å²) >= 11 is 1.34. The quantitative estimate of drug-likeness (QED) is 0.302. The van der Waals surface area contributed by atoms with Gasteiger partial charge in [-0.2, -0.15) is 0 Å². The number of anilines is 1. The van der Waals surface area contributed by atoms with Crippen molar-refractivity contribution >= 4 is 23.3 Å². The molecule has 8 heteroatoms. The van der Waals surface area contributed by atoms with E-state index < -0.39 is 4.92 Å². The highest BCUT2D eigenvalue weighted by Crippen LogP contribution is 2.25. The third-order valence-corrected chi connectivity index (χ3v) is 3.21. The van der Waals surface area contributed by atoms with Gasteiger partial charge in [-0.1, -0.05) is 6.92 Å². The van der Waals surface area contributed by atoms with Crippen molar-refractivity contribution in [3.63, 3.8) is 0 Å². The molecule has 0 aromatic carbocycles. The Balaban J connectivity index is 2.83. The molecule has 94 valence electrons. The van der Waals surface area contributed by atoms with Crippen molar-refractivity contribution in [1.29, 1.82) is 0 Å². The van der Waals surface area contributed by atoms with Gasteiger partial charge in [0, 0.05) is 18.4 Å². The van der Waals surface area contributed by atoms with Crippen LogP contribution in [0.2, 0.25) is 0 Å². The number of nitro groups is 1. The molecule has 0 bridgehead atoms. The summed E-state index contributed by atoms with van der Waals surface area (Å²) in [5.74, 6) is 6.17. The van der Waals surface area contributed by atoms with Gasteiger partial charge in [-0.25, -0.2) is 10.8 Å². The van der Waals surface area contributed by atoms with E-state index in [1.165, 1.54) is 23.9 Å². The normalized spacial score (nSPS) is 12.2. The van der Waals surface area contributed by atoms with Crippen LogP contribution in [-0.2, 0) is 0 Å². The van der Waals surface area contributed by atoms with Crippen LogP contribution in [0.3, 0.4) is 0 Å². The molecule has 1 rings (SSSR count). The monoisotopic (exact) mass is 258 g/mol. The molecule has 0 amide bonds. The lowest BCUT2D eigenvalue weighted by Crippen LogP contribution is -2.09. The third-order valence-electron chi connectivity index (χ3n) is 1.97. The number of nitrogens with two attached hydrogens (primary N) is 1. The summed E-state index contributed by atoms with van der Waals surface area (Å²) in [4.78, 5) is 14.3. The topological polar surface area (TPSA) is 114 Å². The van der Waals surface area contributed by atoms with Crippen LogP contribution in [0.5, 0.6) is 0 Å². The molecule has 0 spiro atoms. The number of hydrogen-bond acceptors (Lipinski definition) is 7. The van der Waals surface area contributed by atoms with Gasteiger partial charge in [0.15, 0.2) is 0 Å². The first-order valence-corrected chi connectivity index (χ1v) is 5.92. The molecule has 0 aliphatic heterocycles. The lowest BCUT2D eigenvalue weighted by atomic mass is 10.2. The van der Waals surface area contributed by atoms with E-state index in [0.29, 0.717) is 10.8 Å². The van der Waals surface area contributed by atoms with Gasteiger partial charge in [0.05, 0.1) is 11.0 Å². The Morgan fingerprint density at radius 1 is 1.71 bits per heavy atom. The number of hydrazine groups is 1. The second kappa shape index (κ2) is 6.38. The van der Waals surface area contributed by atoms with E-state index in [-0.39, 0.29) is 24.0 Å². The average molecular weight is 258 g/mol. The van der Waals surface area contributed by atoms with E-state index in [2.05, 4.69) is 10.4 Å². The van der Waals surface area contributed by atoms with Crippen molar-refractivity contribution in [2.24, 2.45) is 11.8 Å². The third kappa shape index (κ3) is 4.17. The summed E-state index contributed by atoms with van der Waals surface area (Å²) in [6.07, 6.45) is 0. The molecule has 0 saturated carbocycles. The molecule has 0 radical (unpaired) electrons. The largest absolute Gasteiger partial charge is 0.396 e. The Morgan fingerprint density at radius 3 is 2.94 bits per heavy atom. The predicted molar refractivity (Wildman–Crippen MR) is 65.7 cm³/mol. The molecule has 0 saturated heterocycles. The summed E-state index contributed by atoms with van der Waals surface area (Å²) in [5.41, 5.74) is 2.22. The minimum absolute atomic E-state index is 0.0629. The summed E-state index contributed by atoms with van der Waals surface area (Å²) < 4.78 is 0. The number of thioether (sulfide) groups is 1. The molecule has 0 aliphatic carbocycles. The number of hydrogen-bond donors (Lipinski definition) is 3. The van der Waals surface area contributed by atoms with E-state index in [1.54, 1.807) is 0 Å². The van der Waals surface area contributed by atoms with Gasteiger partial charge in [-0.05, 0) is 5.92 Å². The molecule has 0 fully saturated rings. The number of nitrogens with one attached hydrogen (secondary N) is 1. The molecule has 7 nitrogen and oxygen atoms in total. The van der Waals surface area contributed by atoms with E-state index in [4.69, 9.17) is 10.9 Å². The zero-order chi connectivity index (χ0) is 12.8. The highest BCUT2D eigenvalue weighted by molar-refractivity contribution is 7.99. The summed E-state index contributed by atoms with van der Waals surface area (Å²) in [7, 11) is 0. The van der Waals surface area contributed by atoms with Crippen LogP contribution in [0.15, 0.2) is 17.2 Å². The molecular formula is C9H14N4O3S. The van der Waals surface area contributed by atoms with Gasteiger partial charge in [0.25, 0.3) is 5.69 Å². The minimum Gasteiger partial charge on any atom is -0.396 e. The number of nitrogens with zero attached hydrogens (tertiary/aromatic N) is 2. The van der Waals surface area contributed by atoms with Gasteiger partial charge in [-0.3, -0.25) is 10.1 Å². The summed E-state index contributed by atoms with van der Waals surface area (Å²) in [6, 6.07) is 2.65. The smallest absolute Gasteiger partial charge is 0.275 e. The maximum Gasteiger partial charge on any atom is 0.275 e. The van der Waals surface area contributed by atoms with Crippen LogP contribution >= 0.6 is 11.8 Å². The lowest BCUT2D eigenvalue weighted by molar-refractivity contribution is -0.385. The van der Waals surface area contributed by atoms with Gasteiger partial charge in [0.1, 0.15) is 10.8 Å². The van der Waals surface area contributed by atoms with Crippen LogP contribution in [-0.4, -0.2) is 27.4 Å². The fourth-order valence-electron chi connectivity index (χ4n) is 1.03. The van der Waals surface area contributed by atoms with Crippen LogP contribution in [0.1, 0.15) is 6.92 Å². The van der Waals surface area contributed by atoms with E-state index in [9.17, 15) is 10.1 Å². The van der Waals surface area contributed by atoms with Gasteiger partial charge in [-0.15, -0.1) is 11.8 Å². The predicted octanol–water partition coefficient (Wildman–Crippen LogP) is 0.996. The number of aliphatic hydroxyl groups is 1. The standard InChI is InChI=1S/C9H14N4O3S/c1-6(4-14)5-17-9-3-7(13(15)16)2-8(11-9)12-10/h2-3,6,14H,4-5,10H2,1H3,(H,11,12). The maximum atomic E-state index is 10.7. The fraction of sp³-hybridized carbons (Fsp3) is 0.444. The van der Waals surface area contributed by atoms with Crippen molar-refractivity contribution in [1.82, 2.24) is 4.98 Å². The van der Waals surface area contributed by atoms with Crippen molar-refractivity contribution in [2.45, 2.75) is 11.9 Å². The van der Waals surface area contributed by atoms with Crippen LogP contribution in [0.4, 0.5) is 11.5 Å². The van der Waals surface area contributed by atoms with Crippen molar-refractivity contribution < 1.29 is 10.0 Å². The van der Waals surface area contributed by atoms with Crippen LogP contribution < -0.4 is 11.3 Å². The fourth-order valence-corrected chi connectivity index (χ4v) is 1.95. The molecule has 1 aromatic rings. The number of nitrogen functional groups attached to an aromatic ring is 1. The Bertz CT molecular complexity index is 402. The Morgan fingerprint density at radius 2 is 2.41 bits per heavy atom. The summed E-state index contributed by atoms with van der Waals surface area (Å²) in [6.45, 7) is 1.95. The number of aromatic nitrogens is 1. The SMILES string of the molecule is CC(CO)CSc1cc([N+](=O)[O-])cc(NN)n1. The molecule has 4 N–H and O–H groups in total. The zero-order valence-corrected chi connectivity index (χ0v) is 10.1. The number of pyridine rings is 1. The minimum atomic E-state index is -0.498. The van der Waals surface area contributed by atoms with Gasteiger partial charge < -0.3 is 10.5 Å². The average Bonchev–Trinajstić information content (AvgIpc) is 2.35. The first-order chi connectivity index (χ1) is 8.06. The summed E-state index contributed by atoms with van der Waals surface area (Å²) in [5, 5.41) is 20.1. The van der Waals surface area contributed by atoms with Gasteiger partial charge >= 0.3 is 0 Å². The van der Waals surface area contributed by atoms with Gasteiger partial charge in [0.2, 0.25) is 0 Å². The molecule has 1 atom stereocenters. The molecule has 1 heterocycles. The van der Waals surface area contributed by atoms with Crippen LogP contribution in [0.25, 0.3) is 0 Å². The second-order valence-corrected chi connectivity index (χ2v) is 4.59. The van der Waals surface area contributed by atoms with E-state index in [0.717, 1.165) is 0 Å². The second-order valence-electron chi connectivity index (χ2n) is 3.55. The Hall–Kier alpha value is -1.38. The van der Waals surface area contributed by atoms with Crippen LogP contribution in [0, 0.1) is 16.0 Å².